The maximum atomic E-state index is 12.6. The predicted molar refractivity (Wildman–Crippen MR) is 77.3 cm³/mol. The van der Waals surface area contributed by atoms with E-state index in [9.17, 15) is 4.79 Å². The lowest BCUT2D eigenvalue weighted by Crippen LogP contribution is -2.41. The molecule has 1 aromatic rings. The molecule has 2 aliphatic heterocycles. The van der Waals surface area contributed by atoms with Crippen molar-refractivity contribution in [3.05, 3.63) is 30.1 Å². The summed E-state index contributed by atoms with van der Waals surface area (Å²) in [6, 6.07) is 3.48. The molecule has 0 radical (unpaired) electrons. The Bertz CT molecular complexity index is 532. The van der Waals surface area contributed by atoms with E-state index in [0.717, 1.165) is 25.3 Å². The van der Waals surface area contributed by atoms with Gasteiger partial charge in [-0.25, -0.2) is 5.01 Å². The molecule has 5 heteroatoms. The Hall–Kier alpha value is -1.91. The zero-order valence-corrected chi connectivity index (χ0v) is 12.0. The first-order valence-corrected chi connectivity index (χ1v) is 7.15. The van der Waals surface area contributed by atoms with Crippen LogP contribution >= 0.6 is 0 Å². The SMILES string of the molecule is CC1(C)CC(N2CCCC2)=NN1C(=O)c1ccncc1. The minimum atomic E-state index is -0.266. The van der Waals surface area contributed by atoms with Gasteiger partial charge in [0.1, 0.15) is 5.84 Å². The number of carbonyl (C=O) groups excluding carboxylic acids is 1. The number of amides is 1. The largest absolute Gasteiger partial charge is 0.359 e. The molecule has 3 heterocycles. The molecule has 0 unspecified atom stereocenters. The molecule has 0 bridgehead atoms. The molecule has 3 rings (SSSR count). The number of hydrogen-bond acceptors (Lipinski definition) is 4. The molecule has 0 N–H and O–H groups in total. The molecule has 0 spiro atoms. The van der Waals surface area contributed by atoms with Crippen LogP contribution in [0.3, 0.4) is 0 Å². The van der Waals surface area contributed by atoms with Crippen molar-refractivity contribution >= 4 is 11.7 Å². The molecule has 1 fully saturated rings. The second kappa shape index (κ2) is 4.89. The van der Waals surface area contributed by atoms with Crippen molar-refractivity contribution in [2.45, 2.75) is 38.6 Å². The molecule has 0 saturated carbocycles. The van der Waals surface area contributed by atoms with Crippen LogP contribution in [0.25, 0.3) is 0 Å². The lowest BCUT2D eigenvalue weighted by Gasteiger charge is -2.28. The first-order chi connectivity index (χ1) is 9.58. The van der Waals surface area contributed by atoms with Gasteiger partial charge in [-0.05, 0) is 38.8 Å². The van der Waals surface area contributed by atoms with Crippen LogP contribution in [-0.2, 0) is 0 Å². The third-order valence-electron chi connectivity index (χ3n) is 3.97. The number of aromatic nitrogens is 1. The standard InChI is InChI=1S/C15H20N4O/c1-15(2)11-13(18-9-3-4-10-18)17-19(15)14(20)12-5-7-16-8-6-12/h5-8H,3-4,9-11H2,1-2H3. The lowest BCUT2D eigenvalue weighted by molar-refractivity contribution is 0.0612. The Morgan fingerprint density at radius 3 is 2.50 bits per heavy atom. The van der Waals surface area contributed by atoms with Crippen molar-refractivity contribution in [1.29, 1.82) is 0 Å². The molecular weight excluding hydrogens is 252 g/mol. The van der Waals surface area contributed by atoms with E-state index in [1.165, 1.54) is 12.8 Å². The van der Waals surface area contributed by atoms with E-state index in [1.54, 1.807) is 29.5 Å². The first kappa shape index (κ1) is 13.1. The molecule has 20 heavy (non-hydrogen) atoms. The van der Waals surface area contributed by atoms with Crippen LogP contribution in [0, 0.1) is 0 Å². The highest BCUT2D eigenvalue weighted by Gasteiger charge is 2.40. The fourth-order valence-corrected chi connectivity index (χ4v) is 2.84. The Kier molecular flexibility index (Phi) is 3.20. The molecule has 5 nitrogen and oxygen atoms in total. The highest BCUT2D eigenvalue weighted by molar-refractivity contribution is 5.97. The first-order valence-electron chi connectivity index (χ1n) is 7.15. The molecule has 1 aromatic heterocycles. The number of pyridine rings is 1. The number of hydrazone groups is 1. The Balaban J connectivity index is 1.85. The zero-order valence-electron chi connectivity index (χ0n) is 12.0. The minimum Gasteiger partial charge on any atom is -0.359 e. The van der Waals surface area contributed by atoms with Crippen molar-refractivity contribution in [3.8, 4) is 0 Å². The van der Waals surface area contributed by atoms with E-state index < -0.39 is 0 Å². The average molecular weight is 272 g/mol. The summed E-state index contributed by atoms with van der Waals surface area (Å²) in [5.41, 5.74) is 0.373. The molecule has 1 saturated heterocycles. The van der Waals surface area contributed by atoms with Crippen molar-refractivity contribution in [2.75, 3.05) is 13.1 Å². The van der Waals surface area contributed by atoms with Gasteiger partial charge in [0.05, 0.1) is 5.54 Å². The van der Waals surface area contributed by atoms with E-state index in [4.69, 9.17) is 0 Å². The molecule has 106 valence electrons. The van der Waals surface area contributed by atoms with Crippen LogP contribution in [0.1, 0.15) is 43.5 Å². The van der Waals surface area contributed by atoms with Crippen LogP contribution in [0.2, 0.25) is 0 Å². The molecular formula is C15H20N4O. The third-order valence-corrected chi connectivity index (χ3v) is 3.97. The van der Waals surface area contributed by atoms with Gasteiger partial charge in [-0.15, -0.1) is 0 Å². The van der Waals surface area contributed by atoms with Crippen LogP contribution < -0.4 is 0 Å². The van der Waals surface area contributed by atoms with Gasteiger partial charge in [-0.2, -0.15) is 5.10 Å². The highest BCUT2D eigenvalue weighted by Crippen LogP contribution is 2.30. The minimum absolute atomic E-state index is 0.0494. The smallest absolute Gasteiger partial charge is 0.274 e. The molecule has 0 aromatic carbocycles. The second-order valence-corrected chi connectivity index (χ2v) is 6.05. The van der Waals surface area contributed by atoms with Gasteiger partial charge in [0.2, 0.25) is 0 Å². The number of nitrogens with zero attached hydrogens (tertiary/aromatic N) is 4. The Labute approximate surface area is 119 Å². The summed E-state index contributed by atoms with van der Waals surface area (Å²) < 4.78 is 0. The number of carbonyl (C=O) groups is 1. The summed E-state index contributed by atoms with van der Waals surface area (Å²) in [5, 5.41) is 6.24. The lowest BCUT2D eigenvalue weighted by atomic mass is 9.99. The van der Waals surface area contributed by atoms with Gasteiger partial charge in [0, 0.05) is 37.5 Å². The third kappa shape index (κ3) is 2.28. The number of rotatable bonds is 1. The molecule has 2 aliphatic rings. The van der Waals surface area contributed by atoms with Gasteiger partial charge in [-0.1, -0.05) is 0 Å². The molecule has 0 aliphatic carbocycles. The fraction of sp³-hybridized carbons (Fsp3) is 0.533. The van der Waals surface area contributed by atoms with Gasteiger partial charge in [-0.3, -0.25) is 9.78 Å². The van der Waals surface area contributed by atoms with E-state index in [2.05, 4.69) is 28.8 Å². The average Bonchev–Trinajstić information content (AvgIpc) is 3.06. The maximum Gasteiger partial charge on any atom is 0.274 e. The zero-order chi connectivity index (χ0) is 14.2. The molecule has 1 amide bonds. The summed E-state index contributed by atoms with van der Waals surface area (Å²) in [4.78, 5) is 18.9. The van der Waals surface area contributed by atoms with Gasteiger partial charge in [0.15, 0.2) is 0 Å². The number of likely N-dealkylation sites (tertiary alicyclic amines) is 1. The van der Waals surface area contributed by atoms with E-state index in [0.29, 0.717) is 5.56 Å². The number of amidine groups is 1. The van der Waals surface area contributed by atoms with Crippen molar-refractivity contribution in [1.82, 2.24) is 14.9 Å². The maximum absolute atomic E-state index is 12.6. The van der Waals surface area contributed by atoms with Crippen molar-refractivity contribution in [3.63, 3.8) is 0 Å². The topological polar surface area (TPSA) is 48.8 Å². The van der Waals surface area contributed by atoms with Gasteiger partial charge in [0.25, 0.3) is 5.91 Å². The van der Waals surface area contributed by atoms with E-state index in [-0.39, 0.29) is 11.4 Å². The number of hydrogen-bond donors (Lipinski definition) is 0. The van der Waals surface area contributed by atoms with Gasteiger partial charge < -0.3 is 4.90 Å². The van der Waals surface area contributed by atoms with Crippen LogP contribution in [0.5, 0.6) is 0 Å². The predicted octanol–water partition coefficient (Wildman–Crippen LogP) is 2.12. The quantitative estimate of drug-likeness (QED) is 0.786. The summed E-state index contributed by atoms with van der Waals surface area (Å²) in [6.45, 7) is 6.26. The summed E-state index contributed by atoms with van der Waals surface area (Å²) in [5.74, 6) is 1.00. The summed E-state index contributed by atoms with van der Waals surface area (Å²) in [7, 11) is 0. The van der Waals surface area contributed by atoms with E-state index >= 15 is 0 Å². The normalized spacial score (nSPS) is 21.2. The monoisotopic (exact) mass is 272 g/mol. The second-order valence-electron chi connectivity index (χ2n) is 6.05. The van der Waals surface area contributed by atoms with Crippen LogP contribution in [0.4, 0.5) is 0 Å². The Morgan fingerprint density at radius 1 is 1.20 bits per heavy atom. The fourth-order valence-electron chi connectivity index (χ4n) is 2.84. The van der Waals surface area contributed by atoms with E-state index in [1.807, 2.05) is 0 Å². The molecule has 0 atom stereocenters. The summed E-state index contributed by atoms with van der Waals surface area (Å²) >= 11 is 0. The van der Waals surface area contributed by atoms with Crippen LogP contribution in [0.15, 0.2) is 29.6 Å². The van der Waals surface area contributed by atoms with Crippen molar-refractivity contribution < 1.29 is 4.79 Å². The Morgan fingerprint density at radius 2 is 1.85 bits per heavy atom. The van der Waals surface area contributed by atoms with Gasteiger partial charge >= 0.3 is 0 Å². The summed E-state index contributed by atoms with van der Waals surface area (Å²) in [6.07, 6.45) is 6.54. The van der Waals surface area contributed by atoms with Crippen LogP contribution in [-0.4, -0.2) is 45.3 Å². The highest BCUT2D eigenvalue weighted by atomic mass is 16.2. The van der Waals surface area contributed by atoms with Crippen molar-refractivity contribution in [2.24, 2.45) is 5.10 Å².